The monoisotopic (exact) mass is 250 g/mol. The Labute approximate surface area is 97.9 Å². The molecule has 0 aromatic heterocycles. The highest BCUT2D eigenvalue weighted by Gasteiger charge is 2.17. The molecule has 6 heteroatoms. The molecule has 1 amide bonds. The molecule has 0 fully saturated rings. The van der Waals surface area contributed by atoms with Crippen molar-refractivity contribution in [3.63, 3.8) is 0 Å². The predicted octanol–water partition coefficient (Wildman–Crippen LogP) is -0.219. The topological polar surface area (TPSA) is 75.3 Å². The zero-order valence-electron chi connectivity index (χ0n) is 10.4. The van der Waals surface area contributed by atoms with Crippen LogP contribution in [0.2, 0.25) is 0 Å². The van der Waals surface area contributed by atoms with E-state index < -0.39 is 9.84 Å². The lowest BCUT2D eigenvalue weighted by Gasteiger charge is -2.17. The molecule has 0 rings (SSSR count). The van der Waals surface area contributed by atoms with Crippen LogP contribution in [0.15, 0.2) is 0 Å². The van der Waals surface area contributed by atoms with Gasteiger partial charge in [-0.3, -0.25) is 4.79 Å². The standard InChI is InChI=1S/C10H22N2O3S/c1-5-11-6-8(2)10(13)12-9(3)7-16(4,14)15/h8-9,11H,5-7H2,1-4H3,(H,12,13). The van der Waals surface area contributed by atoms with Crippen molar-refractivity contribution in [2.24, 2.45) is 5.92 Å². The lowest BCUT2D eigenvalue weighted by Crippen LogP contribution is -2.42. The lowest BCUT2D eigenvalue weighted by atomic mass is 10.1. The van der Waals surface area contributed by atoms with E-state index in [0.717, 1.165) is 12.8 Å². The van der Waals surface area contributed by atoms with Crippen LogP contribution in [0.25, 0.3) is 0 Å². The number of amides is 1. The van der Waals surface area contributed by atoms with E-state index in [4.69, 9.17) is 0 Å². The SMILES string of the molecule is CCNCC(C)C(=O)NC(C)CS(C)(=O)=O. The normalized spacial score (nSPS) is 15.5. The zero-order valence-corrected chi connectivity index (χ0v) is 11.2. The molecule has 5 nitrogen and oxygen atoms in total. The fourth-order valence-corrected chi connectivity index (χ4v) is 2.33. The molecule has 0 spiro atoms. The number of hydrogen-bond donors (Lipinski definition) is 2. The first-order valence-electron chi connectivity index (χ1n) is 5.45. The number of carbonyl (C=O) groups is 1. The maximum absolute atomic E-state index is 11.6. The number of nitrogens with one attached hydrogen (secondary N) is 2. The van der Waals surface area contributed by atoms with Crippen LogP contribution in [0.1, 0.15) is 20.8 Å². The highest BCUT2D eigenvalue weighted by Crippen LogP contribution is 1.96. The minimum absolute atomic E-state index is 0.0212. The van der Waals surface area contributed by atoms with E-state index in [0.29, 0.717) is 6.54 Å². The van der Waals surface area contributed by atoms with E-state index in [1.54, 1.807) is 6.92 Å². The maximum Gasteiger partial charge on any atom is 0.224 e. The highest BCUT2D eigenvalue weighted by molar-refractivity contribution is 7.90. The Kier molecular flexibility index (Phi) is 6.59. The van der Waals surface area contributed by atoms with Gasteiger partial charge in [-0.05, 0) is 13.5 Å². The summed E-state index contributed by atoms with van der Waals surface area (Å²) in [6.45, 7) is 6.89. The summed E-state index contributed by atoms with van der Waals surface area (Å²) in [5.74, 6) is -0.286. The van der Waals surface area contributed by atoms with E-state index in [2.05, 4.69) is 10.6 Å². The van der Waals surface area contributed by atoms with Crippen molar-refractivity contribution < 1.29 is 13.2 Å². The van der Waals surface area contributed by atoms with Gasteiger partial charge >= 0.3 is 0 Å². The average Bonchev–Trinajstić information content (AvgIpc) is 2.10. The van der Waals surface area contributed by atoms with Crippen molar-refractivity contribution >= 4 is 15.7 Å². The van der Waals surface area contributed by atoms with Gasteiger partial charge in [0.15, 0.2) is 0 Å². The Morgan fingerprint density at radius 1 is 1.31 bits per heavy atom. The second-order valence-corrected chi connectivity index (χ2v) is 6.40. The molecule has 2 atom stereocenters. The van der Waals surface area contributed by atoms with Crippen LogP contribution >= 0.6 is 0 Å². The van der Waals surface area contributed by atoms with Gasteiger partial charge in [0, 0.05) is 24.8 Å². The summed E-state index contributed by atoms with van der Waals surface area (Å²) in [5, 5.41) is 5.76. The number of carbonyl (C=O) groups excluding carboxylic acids is 1. The van der Waals surface area contributed by atoms with Crippen molar-refractivity contribution in [3.05, 3.63) is 0 Å². The van der Waals surface area contributed by atoms with Crippen LogP contribution in [0, 0.1) is 5.92 Å². The van der Waals surface area contributed by atoms with Crippen LogP contribution in [-0.4, -0.2) is 45.5 Å². The van der Waals surface area contributed by atoms with Gasteiger partial charge in [0.2, 0.25) is 5.91 Å². The van der Waals surface area contributed by atoms with Crippen molar-refractivity contribution in [2.75, 3.05) is 25.1 Å². The van der Waals surface area contributed by atoms with Gasteiger partial charge in [-0.1, -0.05) is 13.8 Å². The highest BCUT2D eigenvalue weighted by atomic mass is 32.2. The van der Waals surface area contributed by atoms with Gasteiger partial charge in [-0.15, -0.1) is 0 Å². The molecule has 16 heavy (non-hydrogen) atoms. The van der Waals surface area contributed by atoms with Crippen LogP contribution < -0.4 is 10.6 Å². The first kappa shape index (κ1) is 15.4. The van der Waals surface area contributed by atoms with Crippen molar-refractivity contribution in [1.29, 1.82) is 0 Å². The lowest BCUT2D eigenvalue weighted by molar-refractivity contribution is -0.124. The Morgan fingerprint density at radius 2 is 1.88 bits per heavy atom. The summed E-state index contributed by atoms with van der Waals surface area (Å²) in [6, 6.07) is -0.341. The second kappa shape index (κ2) is 6.85. The molecule has 96 valence electrons. The Hall–Kier alpha value is -0.620. The third kappa shape index (κ3) is 7.64. The molecule has 0 saturated carbocycles. The molecule has 0 aromatic rings. The number of hydrogen-bond acceptors (Lipinski definition) is 4. The summed E-state index contributed by atoms with van der Waals surface area (Å²) in [7, 11) is -3.04. The van der Waals surface area contributed by atoms with Crippen LogP contribution in [0.4, 0.5) is 0 Å². The summed E-state index contributed by atoms with van der Waals surface area (Å²) < 4.78 is 22.0. The molecule has 0 aliphatic carbocycles. The molecule has 2 N–H and O–H groups in total. The summed E-state index contributed by atoms with van der Waals surface area (Å²) in [5.41, 5.74) is 0. The fourth-order valence-electron chi connectivity index (χ4n) is 1.33. The van der Waals surface area contributed by atoms with Crippen LogP contribution in [0.3, 0.4) is 0 Å². The molecule has 2 unspecified atom stereocenters. The first-order chi connectivity index (χ1) is 7.26. The Morgan fingerprint density at radius 3 is 2.31 bits per heavy atom. The minimum atomic E-state index is -3.04. The van der Waals surface area contributed by atoms with Gasteiger partial charge in [0.1, 0.15) is 9.84 Å². The third-order valence-corrected chi connectivity index (χ3v) is 3.20. The Balaban J connectivity index is 4.04. The Bertz CT molecular complexity index is 314. The van der Waals surface area contributed by atoms with Gasteiger partial charge in [-0.2, -0.15) is 0 Å². The molecule has 0 bridgehead atoms. The molecule has 0 aliphatic heterocycles. The summed E-state index contributed by atoms with van der Waals surface area (Å²) in [6.07, 6.45) is 1.16. The summed E-state index contributed by atoms with van der Waals surface area (Å²) >= 11 is 0. The molecule has 0 radical (unpaired) electrons. The molecule has 0 heterocycles. The zero-order chi connectivity index (χ0) is 12.8. The molecule has 0 aromatic carbocycles. The van der Waals surface area contributed by atoms with Crippen LogP contribution in [0.5, 0.6) is 0 Å². The first-order valence-corrected chi connectivity index (χ1v) is 7.51. The fraction of sp³-hybridized carbons (Fsp3) is 0.900. The van der Waals surface area contributed by atoms with Gasteiger partial charge in [-0.25, -0.2) is 8.42 Å². The summed E-state index contributed by atoms with van der Waals surface area (Å²) in [4.78, 5) is 11.6. The van der Waals surface area contributed by atoms with E-state index in [1.807, 2.05) is 13.8 Å². The molecular formula is C10H22N2O3S. The van der Waals surface area contributed by atoms with Gasteiger partial charge in [0.05, 0.1) is 5.75 Å². The van der Waals surface area contributed by atoms with E-state index >= 15 is 0 Å². The molecule has 0 aliphatic rings. The largest absolute Gasteiger partial charge is 0.352 e. The number of sulfone groups is 1. The second-order valence-electron chi connectivity index (χ2n) is 4.21. The van der Waals surface area contributed by atoms with Crippen molar-refractivity contribution in [1.82, 2.24) is 10.6 Å². The predicted molar refractivity (Wildman–Crippen MR) is 65.0 cm³/mol. The van der Waals surface area contributed by atoms with E-state index in [1.165, 1.54) is 0 Å². The van der Waals surface area contributed by atoms with Gasteiger partial charge in [0.25, 0.3) is 0 Å². The van der Waals surface area contributed by atoms with Crippen molar-refractivity contribution in [2.45, 2.75) is 26.8 Å². The minimum Gasteiger partial charge on any atom is -0.352 e. The van der Waals surface area contributed by atoms with E-state index in [9.17, 15) is 13.2 Å². The average molecular weight is 250 g/mol. The number of rotatable bonds is 7. The molecule has 0 saturated heterocycles. The smallest absolute Gasteiger partial charge is 0.224 e. The molecular weight excluding hydrogens is 228 g/mol. The maximum atomic E-state index is 11.6. The third-order valence-electron chi connectivity index (χ3n) is 2.09. The van der Waals surface area contributed by atoms with E-state index in [-0.39, 0.29) is 23.6 Å². The quantitative estimate of drug-likeness (QED) is 0.655. The van der Waals surface area contributed by atoms with Crippen molar-refractivity contribution in [3.8, 4) is 0 Å². The van der Waals surface area contributed by atoms with Gasteiger partial charge < -0.3 is 10.6 Å². The van der Waals surface area contributed by atoms with Crippen LogP contribution in [-0.2, 0) is 14.6 Å².